The maximum Gasteiger partial charge on any atom is 0.0704 e. The van der Waals surface area contributed by atoms with Gasteiger partial charge < -0.3 is 14.2 Å². The summed E-state index contributed by atoms with van der Waals surface area (Å²) in [6.45, 7) is 18.5. The number of rotatable bonds is 15. The second-order valence-electron chi connectivity index (χ2n) is 14.6. The van der Waals surface area contributed by atoms with Crippen LogP contribution in [0.4, 0.5) is 0 Å². The number of fused-ring (bicyclic) bond motifs is 5. The minimum absolute atomic E-state index is 0.381. The minimum atomic E-state index is 0.381. The summed E-state index contributed by atoms with van der Waals surface area (Å²) < 4.78 is 17.7. The highest BCUT2D eigenvalue weighted by molar-refractivity contribution is 5.25. The van der Waals surface area contributed by atoms with Crippen LogP contribution in [0, 0.1) is 46.3 Å². The predicted octanol–water partition coefficient (Wildman–Crippen LogP) is 9.25. The zero-order valence-electron chi connectivity index (χ0n) is 26.1. The van der Waals surface area contributed by atoms with Crippen LogP contribution >= 0.6 is 0 Å². The molecule has 0 aromatic carbocycles. The third-order valence-corrected chi connectivity index (χ3v) is 11.9. The lowest BCUT2D eigenvalue weighted by Gasteiger charge is -2.58. The van der Waals surface area contributed by atoms with Gasteiger partial charge in [-0.05, 0) is 104 Å². The number of ether oxygens (including phenoxy) is 3. The van der Waals surface area contributed by atoms with E-state index in [-0.39, 0.29) is 0 Å². The van der Waals surface area contributed by atoms with Gasteiger partial charge in [-0.15, -0.1) is 0 Å². The number of hydrogen-bond acceptors (Lipinski definition) is 3. The summed E-state index contributed by atoms with van der Waals surface area (Å²) in [5.74, 6) is 5.46. The Bertz CT molecular complexity index is 745. The molecule has 1 unspecified atom stereocenters. The van der Waals surface area contributed by atoms with Gasteiger partial charge in [-0.1, -0.05) is 78.9 Å². The summed E-state index contributed by atoms with van der Waals surface area (Å²) in [7, 11) is 0. The largest absolute Gasteiger partial charge is 0.379 e. The molecule has 0 aromatic heterocycles. The van der Waals surface area contributed by atoms with Crippen molar-refractivity contribution < 1.29 is 14.2 Å². The van der Waals surface area contributed by atoms with Crippen LogP contribution in [0.3, 0.4) is 0 Å². The van der Waals surface area contributed by atoms with Crippen LogP contribution in [-0.2, 0) is 14.2 Å². The molecule has 3 heteroatoms. The molecule has 4 aliphatic carbocycles. The van der Waals surface area contributed by atoms with Gasteiger partial charge in [-0.25, -0.2) is 0 Å². The van der Waals surface area contributed by atoms with E-state index in [9.17, 15) is 0 Å². The molecule has 0 aromatic rings. The van der Waals surface area contributed by atoms with Gasteiger partial charge in [0.1, 0.15) is 0 Å². The van der Waals surface area contributed by atoms with Crippen molar-refractivity contribution in [1.82, 2.24) is 0 Å². The van der Waals surface area contributed by atoms with Gasteiger partial charge in [-0.3, -0.25) is 0 Å². The van der Waals surface area contributed by atoms with Crippen LogP contribution in [0.1, 0.15) is 125 Å². The average molecular weight is 531 g/mol. The van der Waals surface area contributed by atoms with Gasteiger partial charge in [0.25, 0.3) is 0 Å². The molecule has 0 bridgehead atoms. The van der Waals surface area contributed by atoms with Gasteiger partial charge in [0, 0.05) is 6.61 Å². The normalized spacial score (nSPS) is 37.4. The molecule has 8 atom stereocenters. The van der Waals surface area contributed by atoms with Crippen molar-refractivity contribution in [2.45, 2.75) is 131 Å². The fourth-order valence-electron chi connectivity index (χ4n) is 9.64. The summed E-state index contributed by atoms with van der Waals surface area (Å²) in [4.78, 5) is 0. The summed E-state index contributed by atoms with van der Waals surface area (Å²) >= 11 is 0. The van der Waals surface area contributed by atoms with Gasteiger partial charge in [0.15, 0.2) is 0 Å². The van der Waals surface area contributed by atoms with Crippen molar-refractivity contribution in [2.75, 3.05) is 33.0 Å². The molecule has 0 N–H and O–H groups in total. The number of unbranched alkanes of at least 4 members (excludes halogenated alkanes) is 1. The van der Waals surface area contributed by atoms with Crippen molar-refractivity contribution in [3.8, 4) is 0 Å². The fourth-order valence-corrected chi connectivity index (χ4v) is 9.64. The summed E-state index contributed by atoms with van der Waals surface area (Å²) in [5.41, 5.74) is 2.74. The van der Waals surface area contributed by atoms with E-state index in [2.05, 4.69) is 47.6 Å². The van der Waals surface area contributed by atoms with E-state index in [1.54, 1.807) is 5.57 Å². The van der Waals surface area contributed by atoms with Crippen LogP contribution in [0.5, 0.6) is 0 Å². The lowest BCUT2D eigenvalue weighted by molar-refractivity contribution is -0.0688. The van der Waals surface area contributed by atoms with Crippen molar-refractivity contribution in [2.24, 2.45) is 46.3 Å². The molecule has 0 amide bonds. The molecular weight excluding hydrogens is 468 g/mol. The molecular formula is C35H62O3. The van der Waals surface area contributed by atoms with Gasteiger partial charge in [0.2, 0.25) is 0 Å². The molecule has 3 fully saturated rings. The standard InChI is InChI=1S/C35H62O3/c1-7-8-20-36-21-22-37-23-24-38-29-16-18-34(5)28(25-29)12-13-30-32-15-14-31(27(4)11-9-10-26(2)3)35(32,6)19-17-33(30)34/h12,26-27,29-33H,7-11,13-25H2,1-6H3/t27-,29?,30+,31-,32+,33+,34+,35-/m1/s1. The quantitative estimate of drug-likeness (QED) is 0.156. The predicted molar refractivity (Wildman–Crippen MR) is 159 cm³/mol. The molecule has 4 aliphatic rings. The van der Waals surface area contributed by atoms with E-state index < -0.39 is 0 Å². The second-order valence-corrected chi connectivity index (χ2v) is 14.6. The topological polar surface area (TPSA) is 27.7 Å². The highest BCUT2D eigenvalue weighted by Gasteiger charge is 2.59. The van der Waals surface area contributed by atoms with E-state index >= 15 is 0 Å². The monoisotopic (exact) mass is 530 g/mol. The van der Waals surface area contributed by atoms with Gasteiger partial charge >= 0.3 is 0 Å². The molecule has 3 saturated carbocycles. The van der Waals surface area contributed by atoms with Crippen LogP contribution < -0.4 is 0 Å². The highest BCUT2D eigenvalue weighted by atomic mass is 16.5. The smallest absolute Gasteiger partial charge is 0.0704 e. The third kappa shape index (κ3) is 6.91. The van der Waals surface area contributed by atoms with Crippen molar-refractivity contribution in [3.05, 3.63) is 11.6 Å². The van der Waals surface area contributed by atoms with Crippen molar-refractivity contribution in [1.29, 1.82) is 0 Å². The highest BCUT2D eigenvalue weighted by Crippen LogP contribution is 2.67. The van der Waals surface area contributed by atoms with E-state index in [1.165, 1.54) is 70.6 Å². The molecule has 0 saturated heterocycles. The summed E-state index contributed by atoms with van der Waals surface area (Å²) in [6, 6.07) is 0. The number of allylic oxidation sites excluding steroid dienone is 1. The molecule has 3 nitrogen and oxygen atoms in total. The van der Waals surface area contributed by atoms with Gasteiger partial charge in [-0.2, -0.15) is 0 Å². The average Bonchev–Trinajstić information content (AvgIpc) is 3.25. The Morgan fingerprint density at radius 2 is 1.61 bits per heavy atom. The Morgan fingerprint density at radius 1 is 0.842 bits per heavy atom. The molecule has 4 rings (SSSR count). The fraction of sp³-hybridized carbons (Fsp3) is 0.943. The molecule has 0 heterocycles. The second kappa shape index (κ2) is 14.0. The van der Waals surface area contributed by atoms with E-state index in [0.717, 1.165) is 55.0 Å². The zero-order chi connectivity index (χ0) is 27.2. The molecule has 0 aliphatic heterocycles. The van der Waals surface area contributed by atoms with E-state index in [4.69, 9.17) is 14.2 Å². The molecule has 0 spiro atoms. The number of hydrogen-bond donors (Lipinski definition) is 0. The summed E-state index contributed by atoms with van der Waals surface area (Å²) in [5, 5.41) is 0. The Balaban J connectivity index is 1.26. The maximum atomic E-state index is 6.32. The first-order valence-corrected chi connectivity index (χ1v) is 16.8. The van der Waals surface area contributed by atoms with E-state index in [0.29, 0.717) is 43.4 Å². The van der Waals surface area contributed by atoms with Crippen LogP contribution in [0.25, 0.3) is 0 Å². The van der Waals surface area contributed by atoms with Crippen LogP contribution in [-0.4, -0.2) is 39.1 Å². The SMILES string of the molecule is CCCCOCCOCCOC1CC[C@@]2(C)C(=CC[C@H]3[C@@H]4CC[C@H]([C@H](C)CCCC(C)C)[C@@]4(C)CC[C@@H]32)C1. The first kappa shape index (κ1) is 30.6. The van der Waals surface area contributed by atoms with Crippen LogP contribution in [0.15, 0.2) is 11.6 Å². The third-order valence-electron chi connectivity index (χ3n) is 11.9. The maximum absolute atomic E-state index is 6.32. The minimum Gasteiger partial charge on any atom is -0.379 e. The van der Waals surface area contributed by atoms with Crippen molar-refractivity contribution >= 4 is 0 Å². The first-order chi connectivity index (χ1) is 18.3. The Labute approximate surface area is 236 Å². The van der Waals surface area contributed by atoms with Gasteiger partial charge in [0.05, 0.1) is 32.5 Å². The first-order valence-electron chi connectivity index (χ1n) is 16.8. The zero-order valence-corrected chi connectivity index (χ0v) is 26.1. The lowest BCUT2D eigenvalue weighted by Crippen LogP contribution is -2.51. The Morgan fingerprint density at radius 3 is 2.37 bits per heavy atom. The summed E-state index contributed by atoms with van der Waals surface area (Å²) in [6.07, 6.45) is 20.6. The Kier molecular flexibility index (Phi) is 11.3. The lowest BCUT2D eigenvalue weighted by atomic mass is 9.47. The van der Waals surface area contributed by atoms with Crippen LogP contribution in [0.2, 0.25) is 0 Å². The molecule has 220 valence electrons. The van der Waals surface area contributed by atoms with E-state index in [1.807, 2.05) is 0 Å². The molecule has 0 radical (unpaired) electrons. The Hall–Kier alpha value is -0.380. The molecule has 38 heavy (non-hydrogen) atoms. The van der Waals surface area contributed by atoms with Crippen molar-refractivity contribution in [3.63, 3.8) is 0 Å².